The molecule has 3 heterocycles. The van der Waals surface area contributed by atoms with Crippen LogP contribution in [0.5, 0.6) is 11.5 Å². The van der Waals surface area contributed by atoms with Crippen molar-refractivity contribution in [2.24, 2.45) is 0 Å². The van der Waals surface area contributed by atoms with Crippen molar-refractivity contribution in [2.75, 3.05) is 18.2 Å². The number of benzene rings is 2. The minimum absolute atomic E-state index is 0.0717. The Bertz CT molecular complexity index is 1190. The highest BCUT2D eigenvalue weighted by atomic mass is 32.2. The van der Waals surface area contributed by atoms with E-state index in [1.807, 2.05) is 11.8 Å². The summed E-state index contributed by atoms with van der Waals surface area (Å²) < 4.78 is 48.6. The van der Waals surface area contributed by atoms with E-state index in [0.717, 1.165) is 11.1 Å². The second kappa shape index (κ2) is 6.92. The van der Waals surface area contributed by atoms with Gasteiger partial charge in [0.25, 0.3) is 0 Å². The molecule has 156 valence electrons. The summed E-state index contributed by atoms with van der Waals surface area (Å²) in [5, 5.41) is 0. The van der Waals surface area contributed by atoms with Crippen LogP contribution in [0.3, 0.4) is 0 Å². The summed E-state index contributed by atoms with van der Waals surface area (Å²) in [6.45, 7) is 2.68. The summed E-state index contributed by atoms with van der Waals surface area (Å²) in [5.74, 6) is 1.10. The number of fused-ring (bicyclic) bond motifs is 2. The number of carbonyl (C=O) groups excluding carboxylic acids is 1. The van der Waals surface area contributed by atoms with E-state index < -0.39 is 9.84 Å². The van der Waals surface area contributed by atoms with Crippen LogP contribution in [-0.4, -0.2) is 43.4 Å². The highest BCUT2D eigenvalue weighted by Crippen LogP contribution is 2.43. The lowest BCUT2D eigenvalue weighted by molar-refractivity contribution is 0.0637. The third kappa shape index (κ3) is 3.30. The first-order chi connectivity index (χ1) is 14.3. The van der Waals surface area contributed by atoms with Crippen molar-refractivity contribution in [3.8, 4) is 11.5 Å². The molecule has 0 unspecified atom stereocenters. The molecule has 5 rings (SSSR count). The van der Waals surface area contributed by atoms with E-state index in [4.69, 9.17) is 9.47 Å². The van der Waals surface area contributed by atoms with Gasteiger partial charge in [-0.1, -0.05) is 12.1 Å². The van der Waals surface area contributed by atoms with Crippen molar-refractivity contribution in [3.63, 3.8) is 0 Å². The molecule has 2 aromatic carbocycles. The van der Waals surface area contributed by atoms with Gasteiger partial charge in [-0.15, -0.1) is 0 Å². The number of hydrogen-bond donors (Lipinski definition) is 0. The number of rotatable bonds is 2. The molecule has 3 aliphatic rings. The van der Waals surface area contributed by atoms with E-state index >= 15 is 0 Å². The Balaban J connectivity index is 1.44. The maximum absolute atomic E-state index is 13.1. The van der Waals surface area contributed by atoms with Crippen LogP contribution < -0.4 is 9.47 Å². The van der Waals surface area contributed by atoms with Gasteiger partial charge in [-0.05, 0) is 43.2 Å². The van der Waals surface area contributed by atoms with Gasteiger partial charge < -0.3 is 9.47 Å². The molecule has 0 aromatic heterocycles. The second-order valence-corrected chi connectivity index (χ2v) is 10.2. The quantitative estimate of drug-likeness (QED) is 0.684. The van der Waals surface area contributed by atoms with Crippen molar-refractivity contribution in [1.29, 1.82) is 0 Å². The smallest absolute Gasteiger partial charge is 0.231 e. The number of sulfone groups is 1. The lowest BCUT2D eigenvalue weighted by Gasteiger charge is -2.33. The maximum atomic E-state index is 13.1. The fourth-order valence-electron chi connectivity index (χ4n) is 4.27. The molecule has 8 heteroatoms. The summed E-state index contributed by atoms with van der Waals surface area (Å²) >= 11 is 0. The average Bonchev–Trinajstić information content (AvgIpc) is 3.23. The Morgan fingerprint density at radius 3 is 2.67 bits per heavy atom. The van der Waals surface area contributed by atoms with Gasteiger partial charge in [0.15, 0.2) is 15.6 Å². The van der Waals surface area contributed by atoms with E-state index in [-0.39, 0.29) is 34.9 Å². The summed E-state index contributed by atoms with van der Waals surface area (Å²) in [7, 11) is -2.99. The number of ether oxygens (including phenoxy) is 2. The van der Waals surface area contributed by atoms with Crippen LogP contribution in [0.4, 0.5) is 4.39 Å². The molecule has 6 nitrogen and oxygen atoms in total. The minimum atomic E-state index is -2.99. The Kier molecular flexibility index (Phi) is 4.44. The lowest BCUT2D eigenvalue weighted by Crippen LogP contribution is -2.41. The Labute approximate surface area is 173 Å². The predicted octanol–water partition coefficient (Wildman–Crippen LogP) is 3.09. The SMILES string of the molecule is Cc1c2c(cc3c1O/C(=C/c1ccc(F)cc1)C3=O)CN([C@H]1CCS(=O)(=O)C1)CO2. The van der Waals surface area contributed by atoms with Crippen LogP contribution in [0.1, 0.15) is 33.5 Å². The molecule has 0 bridgehead atoms. The van der Waals surface area contributed by atoms with Crippen LogP contribution in [0.2, 0.25) is 0 Å². The summed E-state index contributed by atoms with van der Waals surface area (Å²) in [6, 6.07) is 7.52. The number of nitrogens with zero attached hydrogens (tertiary/aromatic N) is 1. The Morgan fingerprint density at radius 2 is 1.97 bits per heavy atom. The van der Waals surface area contributed by atoms with Crippen molar-refractivity contribution < 1.29 is 27.1 Å². The van der Waals surface area contributed by atoms with Gasteiger partial charge in [-0.25, -0.2) is 12.8 Å². The first-order valence-corrected chi connectivity index (χ1v) is 11.6. The van der Waals surface area contributed by atoms with E-state index in [1.165, 1.54) is 12.1 Å². The van der Waals surface area contributed by atoms with Gasteiger partial charge in [0.1, 0.15) is 24.0 Å². The zero-order chi connectivity index (χ0) is 21.0. The summed E-state index contributed by atoms with van der Waals surface area (Å²) in [6.07, 6.45) is 2.19. The van der Waals surface area contributed by atoms with Crippen LogP contribution in [0.15, 0.2) is 36.1 Å². The fraction of sp³-hybridized carbons (Fsp3) is 0.318. The number of allylic oxidation sites excluding steroid dienone is 1. The molecular formula is C22H20FNO5S. The van der Waals surface area contributed by atoms with Crippen molar-refractivity contribution >= 4 is 21.7 Å². The van der Waals surface area contributed by atoms with Crippen LogP contribution >= 0.6 is 0 Å². The van der Waals surface area contributed by atoms with Crippen molar-refractivity contribution in [3.05, 3.63) is 64.2 Å². The van der Waals surface area contributed by atoms with E-state index in [1.54, 1.807) is 24.3 Å². The highest BCUT2D eigenvalue weighted by Gasteiger charge is 2.37. The average molecular weight is 429 g/mol. The first kappa shape index (κ1) is 19.3. The third-order valence-electron chi connectivity index (χ3n) is 5.86. The maximum Gasteiger partial charge on any atom is 0.231 e. The molecule has 0 N–H and O–H groups in total. The van der Waals surface area contributed by atoms with Crippen LogP contribution in [0, 0.1) is 12.7 Å². The number of Topliss-reactive ketones (excluding diaryl/α,β-unsaturated/α-hetero) is 1. The molecular weight excluding hydrogens is 409 g/mol. The normalized spacial score (nSPS) is 23.7. The zero-order valence-corrected chi connectivity index (χ0v) is 17.2. The number of carbonyl (C=O) groups is 1. The van der Waals surface area contributed by atoms with Gasteiger partial charge >= 0.3 is 0 Å². The molecule has 1 fully saturated rings. The number of halogens is 1. The molecule has 0 amide bonds. The van der Waals surface area contributed by atoms with E-state index in [0.29, 0.717) is 42.3 Å². The van der Waals surface area contributed by atoms with Crippen LogP contribution in [0.25, 0.3) is 6.08 Å². The molecule has 1 atom stereocenters. The fourth-order valence-corrected chi connectivity index (χ4v) is 6.04. The molecule has 0 spiro atoms. The topological polar surface area (TPSA) is 72.9 Å². The van der Waals surface area contributed by atoms with Crippen LogP contribution in [-0.2, 0) is 16.4 Å². The summed E-state index contributed by atoms with van der Waals surface area (Å²) in [4.78, 5) is 14.9. The zero-order valence-electron chi connectivity index (χ0n) is 16.4. The predicted molar refractivity (Wildman–Crippen MR) is 109 cm³/mol. The van der Waals surface area contributed by atoms with Crippen molar-refractivity contribution in [2.45, 2.75) is 25.9 Å². The first-order valence-electron chi connectivity index (χ1n) is 9.74. The highest BCUT2D eigenvalue weighted by molar-refractivity contribution is 7.91. The standard InChI is InChI=1S/C22H20FNO5S/c1-13-21-15(10-24(12-28-21)17-6-7-30(26,27)11-17)9-18-20(25)19(29-22(13)18)8-14-2-4-16(23)5-3-14/h2-5,8-9,17H,6-7,10-12H2,1H3/b19-8+/t17-/m0/s1. The van der Waals surface area contributed by atoms with Crippen molar-refractivity contribution in [1.82, 2.24) is 4.90 Å². The van der Waals surface area contributed by atoms with Gasteiger partial charge in [-0.3, -0.25) is 9.69 Å². The molecule has 3 aliphatic heterocycles. The number of ketones is 1. The largest absolute Gasteiger partial charge is 0.477 e. The van der Waals surface area contributed by atoms with Gasteiger partial charge in [-0.2, -0.15) is 0 Å². The third-order valence-corrected chi connectivity index (χ3v) is 7.61. The Morgan fingerprint density at radius 1 is 1.20 bits per heavy atom. The number of hydrogen-bond acceptors (Lipinski definition) is 6. The molecule has 0 saturated carbocycles. The van der Waals surface area contributed by atoms with Gasteiger partial charge in [0.05, 0.1) is 17.1 Å². The van der Waals surface area contributed by atoms with Gasteiger partial charge in [0, 0.05) is 23.7 Å². The minimum Gasteiger partial charge on any atom is -0.477 e. The summed E-state index contributed by atoms with van der Waals surface area (Å²) in [5.41, 5.74) is 2.72. The molecule has 0 radical (unpaired) electrons. The molecule has 2 aromatic rings. The molecule has 1 saturated heterocycles. The monoisotopic (exact) mass is 429 g/mol. The van der Waals surface area contributed by atoms with Gasteiger partial charge in [0.2, 0.25) is 5.78 Å². The Hall–Kier alpha value is -2.71. The van der Waals surface area contributed by atoms with E-state index in [9.17, 15) is 17.6 Å². The molecule has 0 aliphatic carbocycles. The van der Waals surface area contributed by atoms with E-state index in [2.05, 4.69) is 0 Å². The lowest BCUT2D eigenvalue weighted by atomic mass is 9.99. The molecule has 30 heavy (non-hydrogen) atoms. The second-order valence-electron chi connectivity index (χ2n) is 7.93.